The zero-order chi connectivity index (χ0) is 9.42. The first-order valence-electron chi connectivity index (χ1n) is 4.28. The van der Waals surface area contributed by atoms with Gasteiger partial charge in [-0.3, -0.25) is 0 Å². The lowest BCUT2D eigenvalue weighted by atomic mass is 10.2. The summed E-state index contributed by atoms with van der Waals surface area (Å²) >= 11 is 0. The topological polar surface area (TPSA) is 28.7 Å². The molecule has 0 aliphatic heterocycles. The summed E-state index contributed by atoms with van der Waals surface area (Å²) in [7, 11) is 0. The van der Waals surface area contributed by atoms with E-state index in [9.17, 15) is 4.39 Å². The third-order valence-electron chi connectivity index (χ3n) is 2.11. The van der Waals surface area contributed by atoms with Crippen molar-refractivity contribution >= 4 is 11.0 Å². The van der Waals surface area contributed by atoms with Gasteiger partial charge in [-0.1, -0.05) is 12.1 Å². The summed E-state index contributed by atoms with van der Waals surface area (Å²) in [5.74, 6) is 0.407. The van der Waals surface area contributed by atoms with Crippen molar-refractivity contribution in [1.29, 1.82) is 0 Å². The summed E-state index contributed by atoms with van der Waals surface area (Å²) in [5, 5.41) is 0. The highest BCUT2D eigenvalue weighted by molar-refractivity contribution is 5.78. The Morgan fingerprint density at radius 2 is 2.23 bits per heavy atom. The lowest BCUT2D eigenvalue weighted by molar-refractivity contribution is 0.359. The van der Waals surface area contributed by atoms with E-state index in [-0.39, 0.29) is 0 Å². The molecule has 0 aliphatic rings. The molecule has 68 valence electrons. The normalized spacial score (nSPS) is 13.5. The third kappa shape index (κ3) is 1.30. The Morgan fingerprint density at radius 3 is 2.85 bits per heavy atom. The van der Waals surface area contributed by atoms with Crippen molar-refractivity contribution in [3.8, 4) is 0 Å². The van der Waals surface area contributed by atoms with Crippen LogP contribution in [0.3, 0.4) is 0 Å². The lowest BCUT2D eigenvalue weighted by Gasteiger charge is -1.91. The van der Waals surface area contributed by atoms with Crippen LogP contribution in [0, 0.1) is 6.92 Å². The largest absolute Gasteiger partial charge is 0.340 e. The van der Waals surface area contributed by atoms with Crippen LogP contribution in [-0.4, -0.2) is 9.97 Å². The predicted octanol–water partition coefficient (Wildman–Crippen LogP) is 2.90. The van der Waals surface area contributed by atoms with Crippen LogP contribution in [0.4, 0.5) is 4.39 Å². The van der Waals surface area contributed by atoms with E-state index in [0.29, 0.717) is 5.82 Å². The second-order valence-electron chi connectivity index (χ2n) is 3.21. The van der Waals surface area contributed by atoms with E-state index in [1.54, 1.807) is 0 Å². The highest BCUT2D eigenvalue weighted by Crippen LogP contribution is 2.20. The van der Waals surface area contributed by atoms with Crippen LogP contribution in [0.5, 0.6) is 0 Å². The molecule has 0 spiro atoms. The molecule has 0 bridgehead atoms. The van der Waals surface area contributed by atoms with Gasteiger partial charge in [0.05, 0.1) is 11.0 Å². The van der Waals surface area contributed by atoms with Crippen LogP contribution in [0.2, 0.25) is 0 Å². The minimum atomic E-state index is -1.04. The fourth-order valence-corrected chi connectivity index (χ4v) is 1.38. The zero-order valence-corrected chi connectivity index (χ0v) is 7.63. The maximum absolute atomic E-state index is 12.9. The average Bonchev–Trinajstić information content (AvgIpc) is 2.49. The van der Waals surface area contributed by atoms with Gasteiger partial charge in [0, 0.05) is 0 Å². The molecule has 2 rings (SSSR count). The number of para-hydroxylation sites is 1. The van der Waals surface area contributed by atoms with Gasteiger partial charge in [0.2, 0.25) is 0 Å². The number of H-pyrrole nitrogens is 1. The zero-order valence-electron chi connectivity index (χ0n) is 7.63. The molecule has 1 atom stereocenters. The Morgan fingerprint density at radius 1 is 1.46 bits per heavy atom. The first-order valence-corrected chi connectivity index (χ1v) is 4.28. The maximum atomic E-state index is 12.9. The Labute approximate surface area is 75.8 Å². The quantitative estimate of drug-likeness (QED) is 0.714. The summed E-state index contributed by atoms with van der Waals surface area (Å²) in [5.41, 5.74) is 2.84. The smallest absolute Gasteiger partial charge is 0.155 e. The van der Waals surface area contributed by atoms with Gasteiger partial charge in [0.1, 0.15) is 5.82 Å². The van der Waals surface area contributed by atoms with Gasteiger partial charge >= 0.3 is 0 Å². The van der Waals surface area contributed by atoms with E-state index < -0.39 is 6.17 Å². The minimum absolute atomic E-state index is 0.407. The molecule has 0 amide bonds. The maximum Gasteiger partial charge on any atom is 0.155 e. The second kappa shape index (κ2) is 2.83. The SMILES string of the molecule is Cc1cccc2[nH]c(C(C)F)nc12. The molecule has 1 aromatic heterocycles. The molecule has 0 aliphatic carbocycles. The molecule has 1 aromatic carbocycles. The number of hydrogen-bond donors (Lipinski definition) is 1. The molecular weight excluding hydrogens is 167 g/mol. The molecule has 1 heterocycles. The van der Waals surface area contributed by atoms with E-state index in [0.717, 1.165) is 16.6 Å². The van der Waals surface area contributed by atoms with E-state index >= 15 is 0 Å². The van der Waals surface area contributed by atoms with Crippen LogP contribution < -0.4 is 0 Å². The van der Waals surface area contributed by atoms with Crippen LogP contribution in [-0.2, 0) is 0 Å². The molecule has 3 heteroatoms. The number of aromatic amines is 1. The van der Waals surface area contributed by atoms with E-state index in [4.69, 9.17) is 0 Å². The first-order chi connectivity index (χ1) is 6.18. The minimum Gasteiger partial charge on any atom is -0.340 e. The van der Waals surface area contributed by atoms with Crippen molar-refractivity contribution < 1.29 is 4.39 Å². The number of hydrogen-bond acceptors (Lipinski definition) is 1. The van der Waals surface area contributed by atoms with E-state index in [2.05, 4.69) is 9.97 Å². The number of alkyl halides is 1. The van der Waals surface area contributed by atoms with Crippen LogP contribution in [0.1, 0.15) is 24.5 Å². The van der Waals surface area contributed by atoms with Crippen molar-refractivity contribution in [2.24, 2.45) is 0 Å². The number of halogens is 1. The summed E-state index contributed by atoms with van der Waals surface area (Å²) in [6.07, 6.45) is -1.04. The number of nitrogens with one attached hydrogen (secondary N) is 1. The molecule has 1 N–H and O–H groups in total. The highest BCUT2D eigenvalue weighted by atomic mass is 19.1. The number of aromatic nitrogens is 2. The fourth-order valence-electron chi connectivity index (χ4n) is 1.38. The Kier molecular flexibility index (Phi) is 1.79. The summed E-state index contributed by atoms with van der Waals surface area (Å²) in [4.78, 5) is 7.13. The average molecular weight is 178 g/mol. The molecule has 0 fully saturated rings. The molecule has 1 unspecified atom stereocenters. The molecule has 0 radical (unpaired) electrons. The predicted molar refractivity (Wildman–Crippen MR) is 50.4 cm³/mol. The van der Waals surface area contributed by atoms with Gasteiger partial charge in [-0.25, -0.2) is 9.37 Å². The van der Waals surface area contributed by atoms with Crippen LogP contribution in [0.15, 0.2) is 18.2 Å². The Balaban J connectivity index is 2.68. The summed E-state index contributed by atoms with van der Waals surface area (Å²) in [6.45, 7) is 3.45. The van der Waals surface area contributed by atoms with Crippen molar-refractivity contribution in [3.05, 3.63) is 29.6 Å². The molecule has 0 saturated carbocycles. The van der Waals surface area contributed by atoms with Gasteiger partial charge < -0.3 is 4.98 Å². The van der Waals surface area contributed by atoms with Crippen molar-refractivity contribution in [2.75, 3.05) is 0 Å². The number of benzene rings is 1. The number of fused-ring (bicyclic) bond motifs is 1. The lowest BCUT2D eigenvalue weighted by Crippen LogP contribution is -1.86. The third-order valence-corrected chi connectivity index (χ3v) is 2.11. The highest BCUT2D eigenvalue weighted by Gasteiger charge is 2.09. The Hall–Kier alpha value is -1.38. The van der Waals surface area contributed by atoms with Crippen molar-refractivity contribution in [1.82, 2.24) is 9.97 Å². The van der Waals surface area contributed by atoms with Gasteiger partial charge in [0.15, 0.2) is 6.17 Å². The van der Waals surface area contributed by atoms with E-state index in [1.807, 2.05) is 25.1 Å². The molecule has 2 aromatic rings. The summed E-state index contributed by atoms with van der Waals surface area (Å²) < 4.78 is 12.9. The molecule has 13 heavy (non-hydrogen) atoms. The van der Waals surface area contributed by atoms with Gasteiger partial charge in [-0.2, -0.15) is 0 Å². The van der Waals surface area contributed by atoms with Gasteiger partial charge in [0.25, 0.3) is 0 Å². The van der Waals surface area contributed by atoms with Gasteiger partial charge in [-0.05, 0) is 25.5 Å². The molecule has 0 saturated heterocycles. The Bertz CT molecular complexity index is 431. The van der Waals surface area contributed by atoms with E-state index in [1.165, 1.54) is 6.92 Å². The van der Waals surface area contributed by atoms with Gasteiger partial charge in [-0.15, -0.1) is 0 Å². The molecular formula is C10H11FN2. The van der Waals surface area contributed by atoms with Crippen LogP contribution >= 0.6 is 0 Å². The number of nitrogens with zero attached hydrogens (tertiary/aromatic N) is 1. The standard InChI is InChI=1S/C10H11FN2/c1-6-4-3-5-8-9(6)13-10(12-8)7(2)11/h3-5,7H,1-2H3,(H,12,13). The molecule has 2 nitrogen and oxygen atoms in total. The monoisotopic (exact) mass is 178 g/mol. The fraction of sp³-hybridized carbons (Fsp3) is 0.300. The van der Waals surface area contributed by atoms with Crippen molar-refractivity contribution in [3.63, 3.8) is 0 Å². The van der Waals surface area contributed by atoms with Crippen LogP contribution in [0.25, 0.3) is 11.0 Å². The number of aryl methyl sites for hydroxylation is 1. The first kappa shape index (κ1) is 8.23. The van der Waals surface area contributed by atoms with Crippen molar-refractivity contribution in [2.45, 2.75) is 20.0 Å². The number of rotatable bonds is 1. The second-order valence-corrected chi connectivity index (χ2v) is 3.21. The summed E-state index contributed by atoms with van der Waals surface area (Å²) in [6, 6.07) is 5.81. The number of imidazole rings is 1.